The number of nitrogens with two attached hydrogens (primary N) is 1. The summed E-state index contributed by atoms with van der Waals surface area (Å²) in [5, 5.41) is 3.07. The molecule has 0 amide bonds. The SMILES string of the molecule is Cc1csc(Sc2ncccc2CCN)n1. The van der Waals surface area contributed by atoms with Gasteiger partial charge in [-0.2, -0.15) is 0 Å². The maximum absolute atomic E-state index is 5.58. The first kappa shape index (κ1) is 11.6. The summed E-state index contributed by atoms with van der Waals surface area (Å²) in [6.45, 7) is 2.65. The standard InChI is InChI=1S/C11H13N3S2/c1-8-7-15-11(14-8)16-10-9(4-5-12)3-2-6-13-10/h2-3,6-7H,4-5,12H2,1H3. The molecule has 0 saturated heterocycles. The van der Waals surface area contributed by atoms with E-state index in [-0.39, 0.29) is 0 Å². The van der Waals surface area contributed by atoms with Gasteiger partial charge in [0.05, 0.1) is 0 Å². The topological polar surface area (TPSA) is 51.8 Å². The highest BCUT2D eigenvalue weighted by molar-refractivity contribution is 8.01. The van der Waals surface area contributed by atoms with Crippen molar-refractivity contribution in [1.29, 1.82) is 0 Å². The molecule has 2 aromatic rings. The van der Waals surface area contributed by atoms with Crippen molar-refractivity contribution in [2.75, 3.05) is 6.54 Å². The van der Waals surface area contributed by atoms with E-state index in [1.54, 1.807) is 23.1 Å². The second-order valence-corrected chi connectivity index (χ2v) is 5.46. The van der Waals surface area contributed by atoms with Crippen LogP contribution in [0.5, 0.6) is 0 Å². The molecule has 0 aliphatic heterocycles. The van der Waals surface area contributed by atoms with Gasteiger partial charge in [-0.05, 0) is 43.3 Å². The lowest BCUT2D eigenvalue weighted by Gasteiger charge is -2.04. The maximum atomic E-state index is 5.58. The fraction of sp³-hybridized carbons (Fsp3) is 0.273. The van der Waals surface area contributed by atoms with Gasteiger partial charge in [-0.3, -0.25) is 0 Å². The third-order valence-electron chi connectivity index (χ3n) is 2.05. The highest BCUT2D eigenvalue weighted by Gasteiger charge is 2.07. The van der Waals surface area contributed by atoms with Gasteiger partial charge in [0, 0.05) is 17.3 Å². The van der Waals surface area contributed by atoms with Crippen LogP contribution in [0.25, 0.3) is 0 Å². The molecule has 5 heteroatoms. The van der Waals surface area contributed by atoms with Crippen molar-refractivity contribution < 1.29 is 0 Å². The molecule has 0 unspecified atom stereocenters. The van der Waals surface area contributed by atoms with Gasteiger partial charge in [0.2, 0.25) is 0 Å². The summed E-state index contributed by atoms with van der Waals surface area (Å²) in [7, 11) is 0. The number of aromatic nitrogens is 2. The number of thiazole rings is 1. The molecule has 2 N–H and O–H groups in total. The van der Waals surface area contributed by atoms with Crippen molar-refractivity contribution in [2.45, 2.75) is 22.7 Å². The summed E-state index contributed by atoms with van der Waals surface area (Å²) in [4.78, 5) is 8.79. The van der Waals surface area contributed by atoms with Crippen LogP contribution in [0.15, 0.2) is 33.1 Å². The van der Waals surface area contributed by atoms with E-state index in [9.17, 15) is 0 Å². The fourth-order valence-electron chi connectivity index (χ4n) is 1.32. The zero-order chi connectivity index (χ0) is 11.4. The molecule has 0 bridgehead atoms. The first-order chi connectivity index (χ1) is 7.79. The lowest BCUT2D eigenvalue weighted by atomic mass is 10.2. The minimum atomic E-state index is 0.649. The molecule has 0 aliphatic carbocycles. The van der Waals surface area contributed by atoms with Gasteiger partial charge in [-0.1, -0.05) is 6.07 Å². The number of rotatable bonds is 4. The lowest BCUT2D eigenvalue weighted by Crippen LogP contribution is -2.04. The molecule has 2 heterocycles. The summed E-state index contributed by atoms with van der Waals surface area (Å²) in [6.07, 6.45) is 2.67. The largest absolute Gasteiger partial charge is 0.330 e. The van der Waals surface area contributed by atoms with Gasteiger partial charge in [0.15, 0.2) is 4.34 Å². The molecule has 16 heavy (non-hydrogen) atoms. The Morgan fingerprint density at radius 1 is 1.50 bits per heavy atom. The normalized spacial score (nSPS) is 10.6. The van der Waals surface area contributed by atoms with E-state index in [1.807, 2.05) is 24.6 Å². The first-order valence-corrected chi connectivity index (χ1v) is 6.73. The molecule has 0 radical (unpaired) electrons. The summed E-state index contributed by atoms with van der Waals surface area (Å²) in [5.41, 5.74) is 7.83. The molecule has 0 aliphatic rings. The van der Waals surface area contributed by atoms with E-state index < -0.39 is 0 Å². The number of pyridine rings is 1. The van der Waals surface area contributed by atoms with Crippen LogP contribution < -0.4 is 5.73 Å². The van der Waals surface area contributed by atoms with Crippen LogP contribution in [0.3, 0.4) is 0 Å². The minimum Gasteiger partial charge on any atom is -0.330 e. The highest BCUT2D eigenvalue weighted by Crippen LogP contribution is 2.30. The van der Waals surface area contributed by atoms with Crippen molar-refractivity contribution in [2.24, 2.45) is 5.73 Å². The zero-order valence-corrected chi connectivity index (χ0v) is 10.6. The average Bonchev–Trinajstić information content (AvgIpc) is 2.67. The molecule has 3 nitrogen and oxygen atoms in total. The molecule has 2 rings (SSSR count). The van der Waals surface area contributed by atoms with Crippen LogP contribution in [-0.2, 0) is 6.42 Å². The predicted molar refractivity (Wildman–Crippen MR) is 68.0 cm³/mol. The van der Waals surface area contributed by atoms with Gasteiger partial charge in [-0.15, -0.1) is 11.3 Å². The monoisotopic (exact) mass is 251 g/mol. The summed E-state index contributed by atoms with van der Waals surface area (Å²) in [6, 6.07) is 4.02. The highest BCUT2D eigenvalue weighted by atomic mass is 32.2. The molecular weight excluding hydrogens is 238 g/mol. The summed E-state index contributed by atoms with van der Waals surface area (Å²) in [5.74, 6) is 0. The fourth-order valence-corrected chi connectivity index (χ4v) is 3.19. The third kappa shape index (κ3) is 2.81. The second-order valence-electron chi connectivity index (χ2n) is 3.36. The molecular formula is C11H13N3S2. The Labute approximate surface area is 103 Å². The lowest BCUT2D eigenvalue weighted by molar-refractivity contribution is 0.911. The Bertz CT molecular complexity index is 468. The average molecular weight is 251 g/mol. The second kappa shape index (κ2) is 5.43. The van der Waals surface area contributed by atoms with E-state index in [0.29, 0.717) is 6.54 Å². The smallest absolute Gasteiger partial charge is 0.156 e. The Kier molecular flexibility index (Phi) is 3.93. The van der Waals surface area contributed by atoms with E-state index in [4.69, 9.17) is 5.73 Å². The van der Waals surface area contributed by atoms with E-state index in [1.165, 1.54) is 5.56 Å². The number of hydrogen-bond acceptors (Lipinski definition) is 5. The predicted octanol–water partition coefficient (Wildman–Crippen LogP) is 2.50. The quantitative estimate of drug-likeness (QED) is 0.907. The molecule has 0 atom stereocenters. The van der Waals surface area contributed by atoms with Crippen LogP contribution in [-0.4, -0.2) is 16.5 Å². The molecule has 0 spiro atoms. The van der Waals surface area contributed by atoms with Crippen molar-refractivity contribution in [3.63, 3.8) is 0 Å². The molecule has 0 saturated carbocycles. The summed E-state index contributed by atoms with van der Waals surface area (Å²) < 4.78 is 1.04. The Hall–Kier alpha value is -0.910. The van der Waals surface area contributed by atoms with Crippen LogP contribution >= 0.6 is 23.1 Å². The van der Waals surface area contributed by atoms with Crippen LogP contribution in [0.2, 0.25) is 0 Å². The minimum absolute atomic E-state index is 0.649. The van der Waals surface area contributed by atoms with E-state index in [0.717, 1.165) is 21.5 Å². The number of nitrogens with zero attached hydrogens (tertiary/aromatic N) is 2. The molecule has 84 valence electrons. The molecule has 0 fully saturated rings. The van der Waals surface area contributed by atoms with E-state index >= 15 is 0 Å². The van der Waals surface area contributed by atoms with Crippen molar-refractivity contribution >= 4 is 23.1 Å². The molecule has 2 aromatic heterocycles. The third-order valence-corrected chi connectivity index (χ3v) is 4.16. The van der Waals surface area contributed by atoms with Crippen molar-refractivity contribution in [3.8, 4) is 0 Å². The van der Waals surface area contributed by atoms with Crippen molar-refractivity contribution in [1.82, 2.24) is 9.97 Å². The van der Waals surface area contributed by atoms with Gasteiger partial charge < -0.3 is 5.73 Å². The van der Waals surface area contributed by atoms with Crippen LogP contribution in [0.4, 0.5) is 0 Å². The maximum Gasteiger partial charge on any atom is 0.156 e. The number of hydrogen-bond donors (Lipinski definition) is 1. The van der Waals surface area contributed by atoms with Crippen molar-refractivity contribution in [3.05, 3.63) is 35.0 Å². The first-order valence-electron chi connectivity index (χ1n) is 5.03. The Morgan fingerprint density at radius 2 is 2.38 bits per heavy atom. The van der Waals surface area contributed by atoms with Gasteiger partial charge in [-0.25, -0.2) is 9.97 Å². The van der Waals surface area contributed by atoms with Crippen LogP contribution in [0.1, 0.15) is 11.3 Å². The summed E-state index contributed by atoms with van der Waals surface area (Å²) >= 11 is 3.27. The Morgan fingerprint density at radius 3 is 3.06 bits per heavy atom. The zero-order valence-electron chi connectivity index (χ0n) is 9.01. The van der Waals surface area contributed by atoms with E-state index in [2.05, 4.69) is 16.0 Å². The van der Waals surface area contributed by atoms with Gasteiger partial charge in [0.1, 0.15) is 5.03 Å². The Balaban J connectivity index is 2.20. The number of aryl methyl sites for hydroxylation is 1. The van der Waals surface area contributed by atoms with Gasteiger partial charge >= 0.3 is 0 Å². The molecule has 0 aromatic carbocycles. The van der Waals surface area contributed by atoms with Crippen LogP contribution in [0, 0.1) is 6.92 Å². The van der Waals surface area contributed by atoms with Gasteiger partial charge in [0.25, 0.3) is 0 Å².